The molecule has 0 aliphatic carbocycles. The van der Waals surface area contributed by atoms with Crippen molar-refractivity contribution < 1.29 is 14.2 Å². The van der Waals surface area contributed by atoms with E-state index in [1.54, 1.807) is 18.3 Å². The fourth-order valence-corrected chi connectivity index (χ4v) is 1.93. The average molecular weight is 315 g/mol. The van der Waals surface area contributed by atoms with E-state index >= 15 is 0 Å². The lowest BCUT2D eigenvalue weighted by molar-refractivity contribution is 0.361. The van der Waals surface area contributed by atoms with Gasteiger partial charge in [0, 0.05) is 17.7 Å². The summed E-state index contributed by atoms with van der Waals surface area (Å²) in [5.41, 5.74) is 8.03. The Morgan fingerprint density at radius 3 is 2.78 bits per heavy atom. The Kier molecular flexibility index (Phi) is 5.96. The van der Waals surface area contributed by atoms with Gasteiger partial charge in [-0.3, -0.25) is 0 Å². The maximum absolute atomic E-state index is 13.2. The van der Waals surface area contributed by atoms with Gasteiger partial charge in [-0.25, -0.2) is 4.39 Å². The van der Waals surface area contributed by atoms with Gasteiger partial charge in [-0.15, -0.1) is 0 Å². The minimum Gasteiger partial charge on any atom is -0.457 e. The first-order valence-electron chi connectivity index (χ1n) is 7.06. The summed E-state index contributed by atoms with van der Waals surface area (Å²) in [6.45, 7) is 1.96. The van der Waals surface area contributed by atoms with Crippen LogP contribution in [-0.2, 0) is 6.54 Å². The highest BCUT2D eigenvalue weighted by molar-refractivity contribution is 5.82. The number of rotatable bonds is 6. The molecule has 0 heterocycles. The Hall–Kier alpha value is -2.57. The number of aliphatic hydroxyl groups excluding tert-OH is 1. The molecule has 0 saturated carbocycles. The van der Waals surface area contributed by atoms with Crippen LogP contribution in [0.4, 0.5) is 4.39 Å². The van der Waals surface area contributed by atoms with E-state index in [0.717, 1.165) is 11.1 Å². The molecule has 3 N–H and O–H groups in total. The third-order valence-electron chi connectivity index (χ3n) is 3.15. The van der Waals surface area contributed by atoms with Crippen molar-refractivity contribution >= 4 is 12.4 Å². The second-order valence-corrected chi connectivity index (χ2v) is 4.80. The number of hydrogen-bond donors (Lipinski definition) is 2. The first kappa shape index (κ1) is 16.8. The van der Waals surface area contributed by atoms with Gasteiger partial charge in [0.15, 0.2) is 0 Å². The van der Waals surface area contributed by atoms with E-state index in [4.69, 9.17) is 15.6 Å². The molecule has 0 unspecified atom stereocenters. The Morgan fingerprint density at radius 2 is 2.04 bits per heavy atom. The molecule has 2 rings (SSSR count). The van der Waals surface area contributed by atoms with Gasteiger partial charge in [0.1, 0.15) is 17.3 Å². The van der Waals surface area contributed by atoms with Crippen molar-refractivity contribution in [2.45, 2.75) is 13.5 Å². The van der Waals surface area contributed by atoms with Crippen molar-refractivity contribution in [1.29, 1.82) is 0 Å². The number of nitrogens with two attached hydrogens (primary N) is 1. The van der Waals surface area contributed by atoms with E-state index in [0.29, 0.717) is 17.1 Å². The van der Waals surface area contributed by atoms with Crippen LogP contribution in [0.3, 0.4) is 0 Å². The number of nitrogens with zero attached hydrogens (tertiary/aromatic N) is 2. The van der Waals surface area contributed by atoms with Crippen LogP contribution < -0.4 is 10.5 Å². The molecule has 23 heavy (non-hydrogen) atoms. The van der Waals surface area contributed by atoms with E-state index in [1.807, 2.05) is 19.1 Å². The molecule has 2 aromatic rings. The Bertz CT molecular complexity index is 730. The zero-order valence-electron chi connectivity index (χ0n) is 12.7. The van der Waals surface area contributed by atoms with Gasteiger partial charge in [-0.05, 0) is 42.8 Å². The standard InChI is InChI=1S/C17H18FN3O2/c1-12-2-4-16(9-14(12)11-21-20-6-7-22)23-17-5-3-15(18)8-13(17)10-19/h2-6,8-9,11,22H,7,10,19H2,1H3/b20-6-,21-11-. The lowest BCUT2D eigenvalue weighted by atomic mass is 10.1. The van der Waals surface area contributed by atoms with Gasteiger partial charge in [-0.1, -0.05) is 6.07 Å². The summed E-state index contributed by atoms with van der Waals surface area (Å²) < 4.78 is 19.0. The monoisotopic (exact) mass is 315 g/mol. The van der Waals surface area contributed by atoms with E-state index in [1.165, 1.54) is 18.3 Å². The second kappa shape index (κ2) is 8.17. The Balaban J connectivity index is 2.24. The summed E-state index contributed by atoms with van der Waals surface area (Å²) in [6, 6.07) is 9.74. The van der Waals surface area contributed by atoms with Gasteiger partial charge in [0.05, 0.1) is 19.0 Å². The number of hydrogen-bond acceptors (Lipinski definition) is 5. The smallest absolute Gasteiger partial charge is 0.132 e. The molecule has 0 saturated heterocycles. The van der Waals surface area contributed by atoms with Gasteiger partial charge >= 0.3 is 0 Å². The zero-order chi connectivity index (χ0) is 16.7. The molecule has 0 aliphatic heterocycles. The van der Waals surface area contributed by atoms with Gasteiger partial charge in [0.2, 0.25) is 0 Å². The molecular formula is C17H18FN3O2. The number of aryl methyl sites for hydroxylation is 1. The maximum Gasteiger partial charge on any atom is 0.132 e. The molecule has 0 aromatic heterocycles. The largest absolute Gasteiger partial charge is 0.457 e. The van der Waals surface area contributed by atoms with Crippen LogP contribution in [0.5, 0.6) is 11.5 Å². The number of ether oxygens (including phenoxy) is 1. The number of benzene rings is 2. The Morgan fingerprint density at radius 1 is 1.22 bits per heavy atom. The van der Waals surface area contributed by atoms with E-state index < -0.39 is 0 Å². The SMILES string of the molecule is Cc1ccc(Oc2ccc(F)cc2CN)cc1/C=N\N=C/CO. The summed E-state index contributed by atoms with van der Waals surface area (Å²) in [4.78, 5) is 0. The van der Waals surface area contributed by atoms with Crippen LogP contribution >= 0.6 is 0 Å². The van der Waals surface area contributed by atoms with Gasteiger partial charge < -0.3 is 15.6 Å². The lowest BCUT2D eigenvalue weighted by Gasteiger charge is -2.11. The van der Waals surface area contributed by atoms with Crippen molar-refractivity contribution in [1.82, 2.24) is 0 Å². The van der Waals surface area contributed by atoms with Crippen LogP contribution in [0, 0.1) is 12.7 Å². The van der Waals surface area contributed by atoms with Gasteiger partial charge in [-0.2, -0.15) is 10.2 Å². The highest BCUT2D eigenvalue weighted by atomic mass is 19.1. The zero-order valence-corrected chi connectivity index (χ0v) is 12.7. The Labute approximate surface area is 133 Å². The summed E-state index contributed by atoms with van der Waals surface area (Å²) in [6.07, 6.45) is 2.86. The molecule has 0 radical (unpaired) electrons. The highest BCUT2D eigenvalue weighted by Gasteiger charge is 2.06. The first-order chi connectivity index (χ1) is 11.1. The van der Waals surface area contributed by atoms with Gasteiger partial charge in [0.25, 0.3) is 0 Å². The third-order valence-corrected chi connectivity index (χ3v) is 3.15. The molecule has 0 bridgehead atoms. The van der Waals surface area contributed by atoms with E-state index in [9.17, 15) is 4.39 Å². The minimum absolute atomic E-state index is 0.161. The molecule has 0 aliphatic rings. The van der Waals surface area contributed by atoms with Crippen molar-refractivity contribution in [3.63, 3.8) is 0 Å². The summed E-state index contributed by atoms with van der Waals surface area (Å²) in [7, 11) is 0. The predicted octanol–water partition coefficient (Wildman–Crippen LogP) is 2.78. The molecule has 2 aromatic carbocycles. The average Bonchev–Trinajstić information content (AvgIpc) is 2.55. The summed E-state index contributed by atoms with van der Waals surface area (Å²) in [5, 5.41) is 16.1. The quantitative estimate of drug-likeness (QED) is 0.635. The number of halogens is 1. The summed E-state index contributed by atoms with van der Waals surface area (Å²) in [5.74, 6) is 0.750. The van der Waals surface area contributed by atoms with Crippen LogP contribution in [0.15, 0.2) is 46.6 Å². The summed E-state index contributed by atoms with van der Waals surface area (Å²) >= 11 is 0. The third kappa shape index (κ3) is 4.70. The van der Waals surface area contributed by atoms with E-state index in [2.05, 4.69) is 10.2 Å². The first-order valence-corrected chi connectivity index (χ1v) is 7.06. The number of aliphatic hydroxyl groups is 1. The van der Waals surface area contributed by atoms with Crippen molar-refractivity contribution in [3.8, 4) is 11.5 Å². The molecule has 0 atom stereocenters. The second-order valence-electron chi connectivity index (χ2n) is 4.80. The van der Waals surface area contributed by atoms with Crippen LogP contribution in [0.2, 0.25) is 0 Å². The predicted molar refractivity (Wildman–Crippen MR) is 88.7 cm³/mol. The molecule has 120 valence electrons. The highest BCUT2D eigenvalue weighted by Crippen LogP contribution is 2.27. The van der Waals surface area contributed by atoms with Crippen molar-refractivity contribution in [2.24, 2.45) is 15.9 Å². The minimum atomic E-state index is -0.351. The molecule has 0 amide bonds. The normalized spacial score (nSPS) is 11.5. The molecule has 5 nitrogen and oxygen atoms in total. The van der Waals surface area contributed by atoms with Crippen LogP contribution in [0.25, 0.3) is 0 Å². The van der Waals surface area contributed by atoms with E-state index in [-0.39, 0.29) is 19.0 Å². The molecular weight excluding hydrogens is 297 g/mol. The van der Waals surface area contributed by atoms with Crippen molar-refractivity contribution in [3.05, 3.63) is 58.9 Å². The fourth-order valence-electron chi connectivity index (χ4n) is 1.93. The van der Waals surface area contributed by atoms with Crippen LogP contribution in [0.1, 0.15) is 16.7 Å². The topological polar surface area (TPSA) is 80.2 Å². The fraction of sp³-hybridized carbons (Fsp3) is 0.176. The lowest BCUT2D eigenvalue weighted by Crippen LogP contribution is -2.00. The molecule has 0 spiro atoms. The maximum atomic E-state index is 13.2. The van der Waals surface area contributed by atoms with Crippen LogP contribution in [-0.4, -0.2) is 24.1 Å². The molecule has 0 fully saturated rings. The molecule has 6 heteroatoms. The van der Waals surface area contributed by atoms with Crippen molar-refractivity contribution in [2.75, 3.05) is 6.61 Å².